The van der Waals surface area contributed by atoms with E-state index in [1.165, 1.54) is 4.88 Å². The Balaban J connectivity index is 1.51. The number of aryl methyl sites for hydroxylation is 1. The minimum atomic E-state index is -0.110. The largest absolute Gasteiger partial charge is 0.339 e. The number of aromatic nitrogens is 2. The minimum Gasteiger partial charge on any atom is -0.339 e. The molecule has 0 aliphatic carbocycles. The number of rotatable bonds is 5. The van der Waals surface area contributed by atoms with E-state index in [-0.39, 0.29) is 17.4 Å². The first-order chi connectivity index (χ1) is 11.4. The third-order valence-electron chi connectivity index (χ3n) is 4.36. The Morgan fingerprint density at radius 3 is 2.96 bits per heavy atom. The minimum absolute atomic E-state index is 0.110. The Hall–Kier alpha value is -1.69. The van der Waals surface area contributed by atoms with Crippen LogP contribution in [0.3, 0.4) is 0 Å². The van der Waals surface area contributed by atoms with E-state index in [0.29, 0.717) is 18.7 Å². The molecule has 1 unspecified atom stereocenters. The molecule has 6 heteroatoms. The molecular formula is C18H25N3O2S. The van der Waals surface area contributed by atoms with Crippen molar-refractivity contribution in [2.45, 2.75) is 64.3 Å². The van der Waals surface area contributed by atoms with Crippen molar-refractivity contribution in [2.75, 3.05) is 6.54 Å². The molecule has 0 aromatic carbocycles. The molecule has 1 aliphatic rings. The van der Waals surface area contributed by atoms with Gasteiger partial charge in [0, 0.05) is 29.7 Å². The van der Waals surface area contributed by atoms with Crippen LogP contribution in [0.5, 0.6) is 0 Å². The van der Waals surface area contributed by atoms with Crippen LogP contribution in [0.25, 0.3) is 0 Å². The first-order valence-corrected chi connectivity index (χ1v) is 9.49. The molecule has 130 valence electrons. The van der Waals surface area contributed by atoms with Gasteiger partial charge in [-0.2, -0.15) is 4.98 Å². The zero-order valence-electron chi connectivity index (χ0n) is 14.6. The van der Waals surface area contributed by atoms with Crippen LogP contribution in [0.4, 0.5) is 0 Å². The molecule has 1 fully saturated rings. The van der Waals surface area contributed by atoms with Crippen molar-refractivity contribution in [2.24, 2.45) is 0 Å². The maximum absolute atomic E-state index is 12.6. The summed E-state index contributed by atoms with van der Waals surface area (Å²) in [5.41, 5.74) is -0.110. The predicted octanol–water partition coefficient (Wildman–Crippen LogP) is 4.12. The van der Waals surface area contributed by atoms with Gasteiger partial charge in [-0.15, -0.1) is 11.3 Å². The molecule has 0 radical (unpaired) electrons. The molecular weight excluding hydrogens is 322 g/mol. The maximum Gasteiger partial charge on any atom is 0.226 e. The quantitative estimate of drug-likeness (QED) is 0.816. The van der Waals surface area contributed by atoms with Crippen LogP contribution in [-0.4, -0.2) is 27.5 Å². The lowest BCUT2D eigenvalue weighted by Gasteiger charge is -2.23. The number of likely N-dealkylation sites (tertiary alicyclic amines) is 1. The summed E-state index contributed by atoms with van der Waals surface area (Å²) in [6, 6.07) is 4.46. The standard InChI is InChI=1S/C18H25N3O2S/c1-18(2,3)17-19-15(23-20-17)9-4-10-16(22)21-11-5-7-13(21)14-8-6-12-24-14/h6,8,12-13H,4-5,7,9-11H2,1-3H3. The van der Waals surface area contributed by atoms with Crippen molar-refractivity contribution < 1.29 is 9.32 Å². The van der Waals surface area contributed by atoms with Gasteiger partial charge in [-0.3, -0.25) is 4.79 Å². The second-order valence-electron chi connectivity index (χ2n) is 7.38. The fraction of sp³-hybridized carbons (Fsp3) is 0.611. The molecule has 24 heavy (non-hydrogen) atoms. The lowest BCUT2D eigenvalue weighted by Crippen LogP contribution is -2.30. The van der Waals surface area contributed by atoms with E-state index in [9.17, 15) is 4.79 Å². The van der Waals surface area contributed by atoms with Crippen molar-refractivity contribution in [3.05, 3.63) is 34.1 Å². The molecule has 1 atom stereocenters. The average Bonchev–Trinajstić information content (AvgIpc) is 3.26. The first kappa shape index (κ1) is 17.1. The molecule has 5 nitrogen and oxygen atoms in total. The molecule has 2 aromatic heterocycles. The number of carbonyl (C=O) groups is 1. The highest BCUT2D eigenvalue weighted by Gasteiger charge is 2.30. The lowest BCUT2D eigenvalue weighted by atomic mass is 9.96. The van der Waals surface area contributed by atoms with Crippen LogP contribution >= 0.6 is 11.3 Å². The number of hydrogen-bond donors (Lipinski definition) is 0. The molecule has 2 aromatic rings. The van der Waals surface area contributed by atoms with Crippen molar-refractivity contribution in [1.29, 1.82) is 0 Å². The van der Waals surface area contributed by atoms with Gasteiger partial charge >= 0.3 is 0 Å². The Morgan fingerprint density at radius 1 is 1.46 bits per heavy atom. The number of nitrogens with zero attached hydrogens (tertiary/aromatic N) is 3. The molecule has 0 saturated carbocycles. The van der Waals surface area contributed by atoms with E-state index in [4.69, 9.17) is 4.52 Å². The number of amides is 1. The number of hydrogen-bond acceptors (Lipinski definition) is 5. The van der Waals surface area contributed by atoms with Crippen LogP contribution in [0.2, 0.25) is 0 Å². The lowest BCUT2D eigenvalue weighted by molar-refractivity contribution is -0.132. The van der Waals surface area contributed by atoms with Crippen molar-refractivity contribution in [3.8, 4) is 0 Å². The van der Waals surface area contributed by atoms with Gasteiger partial charge in [-0.1, -0.05) is 32.0 Å². The Bertz CT molecular complexity index is 673. The zero-order chi connectivity index (χ0) is 17.2. The van der Waals surface area contributed by atoms with Crippen molar-refractivity contribution in [1.82, 2.24) is 15.0 Å². The molecule has 1 saturated heterocycles. The third-order valence-corrected chi connectivity index (χ3v) is 5.34. The summed E-state index contributed by atoms with van der Waals surface area (Å²) in [6.45, 7) is 7.05. The highest BCUT2D eigenvalue weighted by molar-refractivity contribution is 7.10. The second-order valence-corrected chi connectivity index (χ2v) is 8.36. The van der Waals surface area contributed by atoms with E-state index in [0.717, 1.165) is 31.6 Å². The second kappa shape index (κ2) is 7.05. The Kier molecular flexibility index (Phi) is 5.04. The fourth-order valence-corrected chi connectivity index (χ4v) is 3.91. The summed E-state index contributed by atoms with van der Waals surface area (Å²) in [6.07, 6.45) is 4.11. The molecule has 1 amide bonds. The topological polar surface area (TPSA) is 59.2 Å². The summed E-state index contributed by atoms with van der Waals surface area (Å²) >= 11 is 1.74. The van der Waals surface area contributed by atoms with Gasteiger partial charge in [0.1, 0.15) is 0 Å². The highest BCUT2D eigenvalue weighted by Crippen LogP contribution is 2.35. The number of thiophene rings is 1. The summed E-state index contributed by atoms with van der Waals surface area (Å²) in [5.74, 6) is 1.59. The van der Waals surface area contributed by atoms with E-state index in [1.54, 1.807) is 11.3 Å². The summed E-state index contributed by atoms with van der Waals surface area (Å²) < 4.78 is 5.29. The highest BCUT2D eigenvalue weighted by atomic mass is 32.1. The summed E-state index contributed by atoms with van der Waals surface area (Å²) in [7, 11) is 0. The van der Waals surface area contributed by atoms with Crippen LogP contribution < -0.4 is 0 Å². The molecule has 3 rings (SSSR count). The summed E-state index contributed by atoms with van der Waals surface area (Å²) in [5, 5.41) is 6.11. The van der Waals surface area contributed by atoms with Gasteiger partial charge < -0.3 is 9.42 Å². The monoisotopic (exact) mass is 347 g/mol. The van der Waals surface area contributed by atoms with Crippen LogP contribution in [-0.2, 0) is 16.6 Å². The van der Waals surface area contributed by atoms with Gasteiger partial charge in [-0.25, -0.2) is 0 Å². The normalized spacial score (nSPS) is 18.3. The number of carbonyl (C=O) groups excluding carboxylic acids is 1. The predicted molar refractivity (Wildman–Crippen MR) is 93.9 cm³/mol. The van der Waals surface area contributed by atoms with Crippen molar-refractivity contribution >= 4 is 17.2 Å². The van der Waals surface area contributed by atoms with Gasteiger partial charge in [0.25, 0.3) is 0 Å². The molecule has 0 bridgehead atoms. The Morgan fingerprint density at radius 2 is 2.29 bits per heavy atom. The SMILES string of the molecule is CC(C)(C)c1noc(CCCC(=O)N2CCCC2c2cccs2)n1. The fourth-order valence-electron chi connectivity index (χ4n) is 3.04. The molecule has 1 aliphatic heterocycles. The first-order valence-electron chi connectivity index (χ1n) is 8.61. The zero-order valence-corrected chi connectivity index (χ0v) is 15.4. The average molecular weight is 347 g/mol. The summed E-state index contributed by atoms with van der Waals surface area (Å²) in [4.78, 5) is 20.3. The molecule has 0 spiro atoms. The van der Waals surface area contributed by atoms with Gasteiger partial charge in [0.15, 0.2) is 5.82 Å². The Labute approximate surface area is 147 Å². The van der Waals surface area contributed by atoms with E-state index in [1.807, 2.05) is 4.90 Å². The third kappa shape index (κ3) is 3.86. The van der Waals surface area contributed by atoms with Gasteiger partial charge in [0.05, 0.1) is 6.04 Å². The smallest absolute Gasteiger partial charge is 0.226 e. The van der Waals surface area contributed by atoms with Gasteiger partial charge in [0.2, 0.25) is 11.8 Å². The van der Waals surface area contributed by atoms with E-state index < -0.39 is 0 Å². The van der Waals surface area contributed by atoms with Gasteiger partial charge in [-0.05, 0) is 30.7 Å². The molecule has 0 N–H and O–H groups in total. The van der Waals surface area contributed by atoms with Crippen LogP contribution in [0, 0.1) is 0 Å². The van der Waals surface area contributed by atoms with Crippen LogP contribution in [0.15, 0.2) is 22.0 Å². The van der Waals surface area contributed by atoms with E-state index in [2.05, 4.69) is 48.4 Å². The van der Waals surface area contributed by atoms with Crippen molar-refractivity contribution in [3.63, 3.8) is 0 Å². The molecule has 3 heterocycles. The van der Waals surface area contributed by atoms with Crippen LogP contribution in [0.1, 0.15) is 69.1 Å². The van der Waals surface area contributed by atoms with E-state index >= 15 is 0 Å². The maximum atomic E-state index is 12.6.